The first-order chi connectivity index (χ1) is 14.0. The lowest BCUT2D eigenvalue weighted by Crippen LogP contribution is -2.03. The topological polar surface area (TPSA) is 39.1 Å². The molecule has 0 radical (unpaired) electrons. The molecule has 0 bridgehead atoms. The maximum atomic E-state index is 13.1. The second-order valence-corrected chi connectivity index (χ2v) is 7.53. The van der Waals surface area contributed by atoms with E-state index >= 15 is 0 Å². The SMILES string of the molecule is CCCC(=O)c1ccc2c(c1)c1cc(C(=O)c3ccccc3C)ccc1n2CC. The second-order valence-electron chi connectivity index (χ2n) is 7.53. The van der Waals surface area contributed by atoms with E-state index in [9.17, 15) is 9.59 Å². The predicted molar refractivity (Wildman–Crippen MR) is 119 cm³/mol. The number of carbonyl (C=O) groups is 2. The number of hydrogen-bond acceptors (Lipinski definition) is 2. The Morgan fingerprint density at radius 1 is 0.828 bits per heavy atom. The summed E-state index contributed by atoms with van der Waals surface area (Å²) in [4.78, 5) is 25.6. The quantitative estimate of drug-likeness (QED) is 0.365. The summed E-state index contributed by atoms with van der Waals surface area (Å²) in [5.41, 5.74) is 5.29. The zero-order valence-electron chi connectivity index (χ0n) is 17.2. The number of fused-ring (bicyclic) bond motifs is 3. The molecule has 0 atom stereocenters. The highest BCUT2D eigenvalue weighted by atomic mass is 16.1. The molecule has 4 rings (SSSR count). The van der Waals surface area contributed by atoms with Crippen LogP contribution in [0.25, 0.3) is 21.8 Å². The van der Waals surface area contributed by atoms with Crippen LogP contribution in [0.3, 0.4) is 0 Å². The van der Waals surface area contributed by atoms with Gasteiger partial charge in [0.15, 0.2) is 11.6 Å². The lowest BCUT2D eigenvalue weighted by atomic mass is 9.97. The van der Waals surface area contributed by atoms with Crippen molar-refractivity contribution in [1.29, 1.82) is 0 Å². The molecular weight excluding hydrogens is 358 g/mol. The molecule has 0 saturated carbocycles. The van der Waals surface area contributed by atoms with Gasteiger partial charge < -0.3 is 4.57 Å². The monoisotopic (exact) mass is 383 g/mol. The first kappa shape index (κ1) is 19.1. The smallest absolute Gasteiger partial charge is 0.193 e. The van der Waals surface area contributed by atoms with Crippen molar-refractivity contribution in [3.8, 4) is 0 Å². The Hall–Kier alpha value is -3.20. The maximum Gasteiger partial charge on any atom is 0.193 e. The van der Waals surface area contributed by atoms with Gasteiger partial charge >= 0.3 is 0 Å². The van der Waals surface area contributed by atoms with E-state index < -0.39 is 0 Å². The standard InChI is InChI=1S/C26H25NO2/c1-4-8-25(28)18-11-13-23-21(15-18)22-16-19(12-14-24(22)27(23)5-2)26(29)20-10-7-6-9-17(20)3/h6-7,9-16H,4-5,8H2,1-3H3. The fourth-order valence-electron chi connectivity index (χ4n) is 4.11. The molecule has 0 unspecified atom stereocenters. The number of hydrogen-bond donors (Lipinski definition) is 0. The molecule has 1 aromatic heterocycles. The van der Waals surface area contributed by atoms with E-state index in [1.165, 1.54) is 0 Å². The van der Waals surface area contributed by atoms with Gasteiger partial charge in [0.2, 0.25) is 0 Å². The number of nitrogens with zero attached hydrogens (tertiary/aromatic N) is 1. The minimum Gasteiger partial charge on any atom is -0.341 e. The van der Waals surface area contributed by atoms with Gasteiger partial charge in [0.05, 0.1) is 0 Å². The van der Waals surface area contributed by atoms with Crippen LogP contribution in [-0.2, 0) is 6.54 Å². The van der Waals surface area contributed by atoms with Crippen LogP contribution in [0.4, 0.5) is 0 Å². The van der Waals surface area contributed by atoms with Gasteiger partial charge in [-0.15, -0.1) is 0 Å². The molecule has 0 amide bonds. The molecule has 0 N–H and O–H groups in total. The Labute approximate surface area is 171 Å². The van der Waals surface area contributed by atoms with E-state index in [0.717, 1.165) is 51.5 Å². The number of aryl methyl sites for hydroxylation is 2. The van der Waals surface area contributed by atoms with E-state index in [-0.39, 0.29) is 11.6 Å². The van der Waals surface area contributed by atoms with E-state index in [0.29, 0.717) is 12.0 Å². The fraction of sp³-hybridized carbons (Fsp3) is 0.231. The van der Waals surface area contributed by atoms with Crippen LogP contribution in [0.2, 0.25) is 0 Å². The highest BCUT2D eigenvalue weighted by molar-refractivity contribution is 6.16. The van der Waals surface area contributed by atoms with Gasteiger partial charge in [-0.25, -0.2) is 0 Å². The first-order valence-electron chi connectivity index (χ1n) is 10.2. The number of rotatable bonds is 6. The van der Waals surface area contributed by atoms with Crippen LogP contribution in [-0.4, -0.2) is 16.1 Å². The van der Waals surface area contributed by atoms with E-state index in [2.05, 4.69) is 11.5 Å². The van der Waals surface area contributed by atoms with E-state index in [4.69, 9.17) is 0 Å². The third kappa shape index (κ3) is 3.27. The Morgan fingerprint density at radius 3 is 2.07 bits per heavy atom. The molecule has 3 heteroatoms. The second kappa shape index (κ2) is 7.67. The number of Topliss-reactive ketones (excluding diaryl/α,β-unsaturated/α-hetero) is 1. The summed E-state index contributed by atoms with van der Waals surface area (Å²) in [7, 11) is 0. The Morgan fingerprint density at radius 2 is 1.45 bits per heavy atom. The third-order valence-corrected chi connectivity index (χ3v) is 5.63. The normalized spacial score (nSPS) is 11.3. The number of aromatic nitrogens is 1. The maximum absolute atomic E-state index is 13.1. The summed E-state index contributed by atoms with van der Waals surface area (Å²) in [6.45, 7) is 6.91. The van der Waals surface area contributed by atoms with Crippen molar-refractivity contribution < 1.29 is 9.59 Å². The van der Waals surface area contributed by atoms with E-state index in [1.54, 1.807) is 0 Å². The largest absolute Gasteiger partial charge is 0.341 e. The van der Waals surface area contributed by atoms with Gasteiger partial charge in [0, 0.05) is 51.5 Å². The molecule has 146 valence electrons. The van der Waals surface area contributed by atoms with Gasteiger partial charge in [-0.05, 0) is 62.2 Å². The molecule has 0 spiro atoms. The molecule has 29 heavy (non-hydrogen) atoms. The van der Waals surface area contributed by atoms with Crippen molar-refractivity contribution in [2.75, 3.05) is 0 Å². The zero-order valence-corrected chi connectivity index (χ0v) is 17.2. The molecule has 0 saturated heterocycles. The van der Waals surface area contributed by atoms with Crippen LogP contribution in [0, 0.1) is 6.92 Å². The van der Waals surface area contributed by atoms with Crippen LogP contribution < -0.4 is 0 Å². The summed E-state index contributed by atoms with van der Waals surface area (Å²) in [5, 5.41) is 2.05. The van der Waals surface area contributed by atoms with Crippen LogP contribution >= 0.6 is 0 Å². The molecule has 1 heterocycles. The zero-order chi connectivity index (χ0) is 20.5. The van der Waals surface area contributed by atoms with Crippen molar-refractivity contribution in [1.82, 2.24) is 4.57 Å². The van der Waals surface area contributed by atoms with Crippen LogP contribution in [0.1, 0.15) is 58.5 Å². The molecule has 0 aliphatic heterocycles. The summed E-state index contributed by atoms with van der Waals surface area (Å²) < 4.78 is 2.24. The highest BCUT2D eigenvalue weighted by Crippen LogP contribution is 2.31. The highest BCUT2D eigenvalue weighted by Gasteiger charge is 2.16. The molecule has 0 aliphatic carbocycles. The predicted octanol–water partition coefficient (Wildman–Crippen LogP) is 6.34. The average Bonchev–Trinajstić information content (AvgIpc) is 3.06. The fourth-order valence-corrected chi connectivity index (χ4v) is 4.11. The van der Waals surface area contributed by atoms with Crippen molar-refractivity contribution in [3.05, 3.63) is 82.9 Å². The molecule has 4 aromatic rings. The first-order valence-corrected chi connectivity index (χ1v) is 10.2. The molecule has 3 nitrogen and oxygen atoms in total. The van der Waals surface area contributed by atoms with Gasteiger partial charge in [-0.1, -0.05) is 31.2 Å². The van der Waals surface area contributed by atoms with Crippen molar-refractivity contribution >= 4 is 33.4 Å². The number of carbonyl (C=O) groups excluding carboxylic acids is 2. The summed E-state index contributed by atoms with van der Waals surface area (Å²) in [6, 6.07) is 19.5. The molecular formula is C26H25NO2. The van der Waals surface area contributed by atoms with Crippen molar-refractivity contribution in [3.63, 3.8) is 0 Å². The van der Waals surface area contributed by atoms with Gasteiger partial charge in [0.25, 0.3) is 0 Å². The molecule has 0 aliphatic rings. The van der Waals surface area contributed by atoms with Crippen LogP contribution in [0.15, 0.2) is 60.7 Å². The Balaban J connectivity index is 1.91. The summed E-state index contributed by atoms with van der Waals surface area (Å²) >= 11 is 0. The Kier molecular flexibility index (Phi) is 5.06. The van der Waals surface area contributed by atoms with Gasteiger partial charge in [-0.3, -0.25) is 9.59 Å². The van der Waals surface area contributed by atoms with Crippen molar-refractivity contribution in [2.24, 2.45) is 0 Å². The number of ketones is 2. The Bertz CT molecular complexity index is 1250. The molecule has 0 fully saturated rings. The summed E-state index contributed by atoms with van der Waals surface area (Å²) in [5.74, 6) is 0.194. The minimum absolute atomic E-state index is 0.0283. The summed E-state index contributed by atoms with van der Waals surface area (Å²) in [6.07, 6.45) is 1.39. The van der Waals surface area contributed by atoms with Gasteiger partial charge in [0.1, 0.15) is 0 Å². The lowest BCUT2D eigenvalue weighted by molar-refractivity contribution is 0.0980. The lowest BCUT2D eigenvalue weighted by Gasteiger charge is -2.06. The van der Waals surface area contributed by atoms with Gasteiger partial charge in [-0.2, -0.15) is 0 Å². The molecule has 3 aromatic carbocycles. The van der Waals surface area contributed by atoms with Crippen molar-refractivity contribution in [2.45, 2.75) is 40.2 Å². The third-order valence-electron chi connectivity index (χ3n) is 5.63. The minimum atomic E-state index is 0.0283. The number of benzene rings is 3. The average molecular weight is 383 g/mol. The van der Waals surface area contributed by atoms with E-state index in [1.807, 2.05) is 74.5 Å². The van der Waals surface area contributed by atoms with Crippen LogP contribution in [0.5, 0.6) is 0 Å².